The van der Waals surface area contributed by atoms with E-state index in [0.717, 1.165) is 18.4 Å². The van der Waals surface area contributed by atoms with Crippen molar-refractivity contribution in [2.24, 2.45) is 0 Å². The third-order valence-electron chi connectivity index (χ3n) is 6.48. The summed E-state index contributed by atoms with van der Waals surface area (Å²) >= 11 is 0. The zero-order valence-electron chi connectivity index (χ0n) is 19.6. The van der Waals surface area contributed by atoms with Gasteiger partial charge >= 0.3 is 0 Å². The van der Waals surface area contributed by atoms with E-state index in [1.165, 1.54) is 5.56 Å². The number of fused-ring (bicyclic) bond motifs is 1. The van der Waals surface area contributed by atoms with Crippen LogP contribution in [0.5, 0.6) is 0 Å². The molecule has 1 atom stereocenters. The number of rotatable bonds is 7. The largest absolute Gasteiger partial charge is 0.352 e. The van der Waals surface area contributed by atoms with Gasteiger partial charge in [0.05, 0.1) is 39.9 Å². The molecule has 1 fully saturated rings. The zero-order chi connectivity index (χ0) is 24.4. The van der Waals surface area contributed by atoms with Crippen LogP contribution in [0, 0.1) is 6.92 Å². The highest BCUT2D eigenvalue weighted by Crippen LogP contribution is 2.32. The van der Waals surface area contributed by atoms with Gasteiger partial charge < -0.3 is 5.32 Å². The first-order chi connectivity index (χ1) is 16.9. The quantitative estimate of drug-likeness (QED) is 0.395. The van der Waals surface area contributed by atoms with E-state index in [9.17, 15) is 13.2 Å². The lowest BCUT2D eigenvalue weighted by atomic mass is 10.0. The summed E-state index contributed by atoms with van der Waals surface area (Å²) in [6.45, 7) is 2.39. The van der Waals surface area contributed by atoms with Crippen LogP contribution in [-0.4, -0.2) is 47.1 Å². The molecule has 4 aromatic rings. The molecule has 1 N–H and O–H groups in total. The SMILES string of the molecule is Cc1nn(C2CCS(=O)(=O)C2)c2nc(-c3ccccc3)cc(C(=O)NCCCc3ccccc3)c12. The molecule has 3 heterocycles. The van der Waals surface area contributed by atoms with Crippen molar-refractivity contribution in [2.45, 2.75) is 32.2 Å². The summed E-state index contributed by atoms with van der Waals surface area (Å²) in [4.78, 5) is 18.2. The molecule has 0 spiro atoms. The van der Waals surface area contributed by atoms with Gasteiger partial charge in [0, 0.05) is 12.1 Å². The van der Waals surface area contributed by atoms with E-state index in [2.05, 4.69) is 22.5 Å². The molecule has 35 heavy (non-hydrogen) atoms. The van der Waals surface area contributed by atoms with Gasteiger partial charge in [0.2, 0.25) is 0 Å². The van der Waals surface area contributed by atoms with E-state index in [0.29, 0.717) is 41.0 Å². The molecule has 5 rings (SSSR count). The predicted molar refractivity (Wildman–Crippen MR) is 137 cm³/mol. The number of nitrogens with one attached hydrogen (secondary N) is 1. The van der Waals surface area contributed by atoms with E-state index >= 15 is 0 Å². The van der Waals surface area contributed by atoms with E-state index in [1.807, 2.05) is 61.5 Å². The molecule has 1 aliphatic heterocycles. The third-order valence-corrected chi connectivity index (χ3v) is 8.23. The third kappa shape index (κ3) is 4.98. The molecule has 1 aliphatic rings. The van der Waals surface area contributed by atoms with Gasteiger partial charge in [0.1, 0.15) is 0 Å². The van der Waals surface area contributed by atoms with Crippen LogP contribution >= 0.6 is 0 Å². The minimum atomic E-state index is -3.10. The van der Waals surface area contributed by atoms with Crippen LogP contribution < -0.4 is 5.32 Å². The molecule has 0 radical (unpaired) electrons. The Morgan fingerprint density at radius 1 is 1.09 bits per heavy atom. The molecule has 2 aromatic carbocycles. The van der Waals surface area contributed by atoms with Gasteiger partial charge in [-0.15, -0.1) is 0 Å². The second-order valence-corrected chi connectivity index (χ2v) is 11.3. The molecule has 0 aliphatic carbocycles. The maximum Gasteiger partial charge on any atom is 0.252 e. The van der Waals surface area contributed by atoms with Crippen LogP contribution in [0.3, 0.4) is 0 Å². The molecular weight excluding hydrogens is 460 g/mol. The van der Waals surface area contributed by atoms with E-state index in [1.54, 1.807) is 4.68 Å². The molecule has 180 valence electrons. The number of amides is 1. The Labute approximate surface area is 205 Å². The normalized spacial score (nSPS) is 17.0. The molecule has 8 heteroatoms. The minimum Gasteiger partial charge on any atom is -0.352 e. The first-order valence-electron chi connectivity index (χ1n) is 11.9. The Morgan fingerprint density at radius 2 is 1.80 bits per heavy atom. The van der Waals surface area contributed by atoms with Crippen molar-refractivity contribution in [1.82, 2.24) is 20.1 Å². The average molecular weight is 489 g/mol. The van der Waals surface area contributed by atoms with E-state index in [-0.39, 0.29) is 23.5 Å². The second-order valence-electron chi connectivity index (χ2n) is 9.05. The molecule has 1 amide bonds. The fourth-order valence-corrected chi connectivity index (χ4v) is 6.40. The van der Waals surface area contributed by atoms with Crippen LogP contribution in [0.2, 0.25) is 0 Å². The maximum absolute atomic E-state index is 13.4. The highest BCUT2D eigenvalue weighted by Gasteiger charge is 2.32. The van der Waals surface area contributed by atoms with Crippen LogP contribution in [0.1, 0.15) is 40.5 Å². The van der Waals surface area contributed by atoms with Crippen molar-refractivity contribution < 1.29 is 13.2 Å². The fraction of sp³-hybridized carbons (Fsp3) is 0.296. The first kappa shape index (κ1) is 23.2. The van der Waals surface area contributed by atoms with Crippen molar-refractivity contribution in [3.63, 3.8) is 0 Å². The number of benzene rings is 2. The van der Waals surface area contributed by atoms with Crippen LogP contribution in [0.4, 0.5) is 0 Å². The van der Waals surface area contributed by atoms with Gasteiger partial charge in [-0.05, 0) is 37.8 Å². The molecular formula is C27H28N4O3S. The second kappa shape index (κ2) is 9.62. The lowest BCUT2D eigenvalue weighted by Crippen LogP contribution is -2.25. The standard InChI is InChI=1S/C27H28N4O3S/c1-19-25-23(27(32)28-15-8-11-20-9-4-2-5-10-20)17-24(21-12-6-3-7-13-21)29-26(25)31(30-19)22-14-16-35(33,34)18-22/h2-7,9-10,12-13,17,22H,8,11,14-16,18H2,1H3,(H,28,32). The Morgan fingerprint density at radius 3 is 2.49 bits per heavy atom. The molecule has 1 saturated heterocycles. The number of hydrogen-bond donors (Lipinski definition) is 1. The lowest BCUT2D eigenvalue weighted by Gasteiger charge is -2.12. The number of carbonyl (C=O) groups is 1. The van der Waals surface area contributed by atoms with Gasteiger partial charge in [-0.2, -0.15) is 5.10 Å². The van der Waals surface area contributed by atoms with E-state index < -0.39 is 9.84 Å². The number of nitrogens with zero attached hydrogens (tertiary/aromatic N) is 3. The smallest absolute Gasteiger partial charge is 0.252 e. The Balaban J connectivity index is 1.48. The molecule has 7 nitrogen and oxygen atoms in total. The molecule has 0 saturated carbocycles. The number of aromatic nitrogens is 3. The topological polar surface area (TPSA) is 93.9 Å². The highest BCUT2D eigenvalue weighted by atomic mass is 32.2. The Kier molecular flexibility index (Phi) is 6.38. The van der Waals surface area contributed by atoms with Gasteiger partial charge in [-0.25, -0.2) is 18.1 Å². The monoisotopic (exact) mass is 488 g/mol. The highest BCUT2D eigenvalue weighted by molar-refractivity contribution is 7.91. The number of aryl methyl sites for hydroxylation is 2. The van der Waals surface area contributed by atoms with E-state index in [4.69, 9.17) is 4.98 Å². The lowest BCUT2D eigenvalue weighted by molar-refractivity contribution is 0.0954. The molecule has 0 bridgehead atoms. The average Bonchev–Trinajstić information content (AvgIpc) is 3.41. The minimum absolute atomic E-state index is 0.0431. The Bertz CT molecular complexity index is 1460. The zero-order valence-corrected chi connectivity index (χ0v) is 20.5. The first-order valence-corrected chi connectivity index (χ1v) is 13.7. The number of hydrogen-bond acceptors (Lipinski definition) is 5. The maximum atomic E-state index is 13.4. The summed E-state index contributed by atoms with van der Waals surface area (Å²) in [6, 6.07) is 21.4. The van der Waals surface area contributed by atoms with Crippen molar-refractivity contribution >= 4 is 26.8 Å². The number of sulfone groups is 1. The van der Waals surface area contributed by atoms with Crippen molar-refractivity contribution in [1.29, 1.82) is 0 Å². The number of carbonyl (C=O) groups excluding carboxylic acids is 1. The summed E-state index contributed by atoms with van der Waals surface area (Å²) in [7, 11) is -3.10. The van der Waals surface area contributed by atoms with Crippen LogP contribution in [0.25, 0.3) is 22.3 Å². The van der Waals surface area contributed by atoms with Gasteiger partial charge in [-0.3, -0.25) is 4.79 Å². The summed E-state index contributed by atoms with van der Waals surface area (Å²) < 4.78 is 26.0. The van der Waals surface area contributed by atoms with Gasteiger partial charge in [0.15, 0.2) is 15.5 Å². The summed E-state index contributed by atoms with van der Waals surface area (Å²) in [6.07, 6.45) is 2.21. The summed E-state index contributed by atoms with van der Waals surface area (Å²) in [5, 5.41) is 8.40. The Hall–Kier alpha value is -3.52. The predicted octanol–water partition coefficient (Wildman–Crippen LogP) is 4.13. The van der Waals surface area contributed by atoms with Crippen molar-refractivity contribution in [2.75, 3.05) is 18.1 Å². The molecule has 1 unspecified atom stereocenters. The van der Waals surface area contributed by atoms with Crippen molar-refractivity contribution in [3.8, 4) is 11.3 Å². The van der Waals surface area contributed by atoms with Crippen LogP contribution in [0.15, 0.2) is 66.7 Å². The van der Waals surface area contributed by atoms with Crippen LogP contribution in [-0.2, 0) is 16.3 Å². The van der Waals surface area contributed by atoms with Gasteiger partial charge in [-0.1, -0.05) is 60.7 Å². The molecule has 2 aromatic heterocycles. The summed E-state index contributed by atoms with van der Waals surface area (Å²) in [5.74, 6) is 0.0106. The van der Waals surface area contributed by atoms with Crippen molar-refractivity contribution in [3.05, 3.63) is 83.6 Å². The summed E-state index contributed by atoms with van der Waals surface area (Å²) in [5.41, 5.74) is 4.53. The fourth-order valence-electron chi connectivity index (χ4n) is 4.71. The number of pyridine rings is 1. The van der Waals surface area contributed by atoms with Gasteiger partial charge in [0.25, 0.3) is 5.91 Å².